The SMILES string of the molecule is CCCOP1(F)=NP(C)(F)=NP(F)(OCCC)=NP(F)(OCCC)=N1. The molecule has 150 valence electrons. The maximum Gasteiger partial charge on any atom is 0.387 e. The largest absolute Gasteiger partial charge is 0.387 e. The molecule has 0 saturated heterocycles. The maximum atomic E-state index is 15.0. The molecule has 0 bridgehead atoms. The van der Waals surface area contributed by atoms with E-state index in [9.17, 15) is 12.6 Å². The van der Waals surface area contributed by atoms with Gasteiger partial charge in [-0.15, -0.1) is 9.03 Å². The van der Waals surface area contributed by atoms with Crippen LogP contribution in [0, 0.1) is 0 Å². The van der Waals surface area contributed by atoms with Gasteiger partial charge in [0, 0.05) is 6.66 Å². The van der Waals surface area contributed by atoms with Gasteiger partial charge in [-0.1, -0.05) is 20.8 Å². The molecule has 7 nitrogen and oxygen atoms in total. The zero-order valence-corrected chi connectivity index (χ0v) is 18.1. The predicted octanol–water partition coefficient (Wildman–Crippen LogP) is 8.66. The first-order chi connectivity index (χ1) is 11.5. The predicted molar refractivity (Wildman–Crippen MR) is 96.5 cm³/mol. The van der Waals surface area contributed by atoms with Crippen molar-refractivity contribution in [3.63, 3.8) is 0 Å². The average Bonchev–Trinajstić information content (AvgIpc) is 2.46. The van der Waals surface area contributed by atoms with E-state index in [4.69, 9.17) is 13.6 Å². The molecule has 0 spiro atoms. The van der Waals surface area contributed by atoms with Crippen LogP contribution >= 0.6 is 30.7 Å². The minimum absolute atomic E-state index is 0.159. The molecule has 0 fully saturated rings. The van der Waals surface area contributed by atoms with Gasteiger partial charge in [0.25, 0.3) is 0 Å². The normalized spacial score (nSPS) is 38.6. The van der Waals surface area contributed by atoms with E-state index >= 15 is 4.20 Å². The van der Waals surface area contributed by atoms with Gasteiger partial charge in [-0.05, 0) is 19.3 Å². The molecule has 0 aromatic rings. The van der Waals surface area contributed by atoms with Gasteiger partial charge in [-0.2, -0.15) is 25.8 Å². The first-order valence-electron chi connectivity index (χ1n) is 7.76. The highest BCUT2D eigenvalue weighted by atomic mass is 31.3. The molecule has 0 amide bonds. The van der Waals surface area contributed by atoms with E-state index in [1.165, 1.54) is 0 Å². The highest BCUT2D eigenvalue weighted by molar-refractivity contribution is 7.79. The molecule has 15 heteroatoms. The molecule has 0 aliphatic carbocycles. The summed E-state index contributed by atoms with van der Waals surface area (Å²) >= 11 is 0. The summed E-state index contributed by atoms with van der Waals surface area (Å²) in [6.45, 7) is 5.35. The first kappa shape index (κ1) is 23.6. The van der Waals surface area contributed by atoms with Crippen LogP contribution in [0.15, 0.2) is 18.1 Å². The molecule has 4 atom stereocenters. The van der Waals surface area contributed by atoms with Crippen LogP contribution in [0.4, 0.5) is 16.8 Å². The third-order valence-corrected chi connectivity index (χ3v) is 11.8. The van der Waals surface area contributed by atoms with Crippen molar-refractivity contribution < 1.29 is 30.4 Å². The Morgan fingerprint density at radius 3 is 1.28 bits per heavy atom. The van der Waals surface area contributed by atoms with Gasteiger partial charge in [-0.25, -0.2) is 0 Å². The summed E-state index contributed by atoms with van der Waals surface area (Å²) in [7, 11) is -18.6. The second kappa shape index (κ2) is 9.64. The van der Waals surface area contributed by atoms with Crippen molar-refractivity contribution in [2.45, 2.75) is 40.0 Å². The minimum atomic E-state index is -4.82. The van der Waals surface area contributed by atoms with Gasteiger partial charge in [0.2, 0.25) is 7.52 Å². The lowest BCUT2D eigenvalue weighted by molar-refractivity contribution is 0.311. The fourth-order valence-corrected chi connectivity index (χ4v) is 11.3. The molecule has 0 radical (unpaired) electrons. The lowest BCUT2D eigenvalue weighted by Crippen LogP contribution is -1.92. The summed E-state index contributed by atoms with van der Waals surface area (Å²) in [5.74, 6) is 0. The Balaban J connectivity index is 3.58. The van der Waals surface area contributed by atoms with Crippen molar-refractivity contribution in [1.82, 2.24) is 0 Å². The van der Waals surface area contributed by atoms with E-state index < -0.39 is 30.7 Å². The standard InChI is InChI=1S/C10H24F4N4O3P4/c1-5-8-19-23(12)15-22(4,11)16-24(13,20-9-6-2)18-25(14,17-23)21-10-7-3/h5-10H2,1-4H3. The lowest BCUT2D eigenvalue weighted by Gasteiger charge is -2.22. The quantitative estimate of drug-likeness (QED) is 0.262. The minimum Gasteiger partial charge on any atom is -0.303 e. The van der Waals surface area contributed by atoms with Gasteiger partial charge in [0.1, 0.15) is 0 Å². The maximum absolute atomic E-state index is 15.0. The Kier molecular flexibility index (Phi) is 9.08. The summed E-state index contributed by atoms with van der Waals surface area (Å²) in [5, 5.41) is 0. The topological polar surface area (TPSA) is 77.1 Å². The smallest absolute Gasteiger partial charge is 0.303 e. The molecular weight excluding hydrogens is 424 g/mol. The Morgan fingerprint density at radius 2 is 0.920 bits per heavy atom. The molecular formula is C10H24F4N4O3P4. The number of rotatable bonds is 9. The second-order valence-corrected chi connectivity index (χ2v) is 13.2. The van der Waals surface area contributed by atoms with Crippen molar-refractivity contribution in [3.8, 4) is 0 Å². The van der Waals surface area contributed by atoms with E-state index in [1.54, 1.807) is 20.8 Å². The average molecular weight is 448 g/mol. The van der Waals surface area contributed by atoms with E-state index in [0.717, 1.165) is 6.66 Å². The zero-order valence-electron chi connectivity index (χ0n) is 14.6. The van der Waals surface area contributed by atoms with E-state index in [-0.39, 0.29) is 19.8 Å². The van der Waals surface area contributed by atoms with Crippen LogP contribution in [0.5, 0.6) is 0 Å². The number of hydrogen-bond donors (Lipinski definition) is 0. The second-order valence-electron chi connectivity index (χ2n) is 5.09. The van der Waals surface area contributed by atoms with Crippen LogP contribution in [0.25, 0.3) is 0 Å². The first-order valence-corrected chi connectivity index (χ1v) is 14.3. The van der Waals surface area contributed by atoms with Crippen LogP contribution in [0.3, 0.4) is 0 Å². The summed E-state index contributed by atoms with van der Waals surface area (Å²) in [6, 6.07) is 0. The number of nitrogens with zero attached hydrogens (tertiary/aromatic N) is 4. The summed E-state index contributed by atoms with van der Waals surface area (Å²) < 4.78 is 86.9. The zero-order chi connectivity index (χ0) is 19.2. The van der Waals surface area contributed by atoms with Gasteiger partial charge in [0.15, 0.2) is 0 Å². The van der Waals surface area contributed by atoms with Crippen molar-refractivity contribution in [3.05, 3.63) is 0 Å². The summed E-state index contributed by atoms with van der Waals surface area (Å²) in [4.78, 5) is 0. The molecule has 4 unspecified atom stereocenters. The Bertz CT molecular complexity index is 673. The Morgan fingerprint density at radius 1 is 0.600 bits per heavy atom. The summed E-state index contributed by atoms with van der Waals surface area (Å²) in [6.07, 6.45) is 1.11. The third-order valence-electron chi connectivity index (χ3n) is 2.37. The molecule has 0 saturated carbocycles. The molecule has 1 heterocycles. The molecule has 0 aromatic carbocycles. The van der Waals surface area contributed by atoms with Crippen LogP contribution in [0.2, 0.25) is 0 Å². The van der Waals surface area contributed by atoms with Crippen LogP contribution in [-0.2, 0) is 13.6 Å². The Hall–Kier alpha value is 0.520. The summed E-state index contributed by atoms with van der Waals surface area (Å²) in [5.41, 5.74) is 0. The fourth-order valence-electron chi connectivity index (χ4n) is 1.52. The molecule has 1 aliphatic heterocycles. The van der Waals surface area contributed by atoms with E-state index in [1.807, 2.05) is 0 Å². The third kappa shape index (κ3) is 7.96. The van der Waals surface area contributed by atoms with Crippen molar-refractivity contribution in [2.75, 3.05) is 26.5 Å². The van der Waals surface area contributed by atoms with Gasteiger partial charge in [0.05, 0.1) is 19.8 Å². The van der Waals surface area contributed by atoms with Crippen molar-refractivity contribution in [2.24, 2.45) is 18.1 Å². The monoisotopic (exact) mass is 448 g/mol. The van der Waals surface area contributed by atoms with E-state index in [0.29, 0.717) is 19.3 Å². The molecule has 0 aromatic heterocycles. The number of halogens is 4. The van der Waals surface area contributed by atoms with Gasteiger partial charge < -0.3 is 13.6 Å². The van der Waals surface area contributed by atoms with Gasteiger partial charge >= 0.3 is 23.2 Å². The highest BCUT2D eigenvalue weighted by Crippen LogP contribution is 2.80. The van der Waals surface area contributed by atoms with Crippen LogP contribution < -0.4 is 0 Å². The van der Waals surface area contributed by atoms with E-state index in [2.05, 4.69) is 18.1 Å². The van der Waals surface area contributed by atoms with Gasteiger partial charge in [-0.3, -0.25) is 0 Å². The fraction of sp³-hybridized carbons (Fsp3) is 1.00. The molecule has 25 heavy (non-hydrogen) atoms. The molecule has 0 N–H and O–H groups in total. The van der Waals surface area contributed by atoms with Crippen molar-refractivity contribution in [1.29, 1.82) is 0 Å². The molecule has 1 rings (SSSR count). The highest BCUT2D eigenvalue weighted by Gasteiger charge is 2.39. The van der Waals surface area contributed by atoms with Crippen molar-refractivity contribution >= 4 is 30.7 Å². The van der Waals surface area contributed by atoms with Crippen LogP contribution in [-0.4, -0.2) is 26.5 Å². The molecule has 1 aliphatic rings. The lowest BCUT2D eigenvalue weighted by atomic mass is 10.5. The Labute approximate surface area is 146 Å². The van der Waals surface area contributed by atoms with Crippen LogP contribution in [0.1, 0.15) is 40.0 Å². The number of hydrogen-bond acceptors (Lipinski definition) is 7.